The van der Waals surface area contributed by atoms with Crippen LogP contribution in [0.5, 0.6) is 0 Å². The summed E-state index contributed by atoms with van der Waals surface area (Å²) < 4.78 is 60.0. The number of nitrogens with zero attached hydrogens (tertiary/aromatic N) is 3. The summed E-state index contributed by atoms with van der Waals surface area (Å²) >= 11 is 0. The second kappa shape index (κ2) is 6.26. The molecule has 0 spiro atoms. The normalized spacial score (nSPS) is 12.8. The van der Waals surface area contributed by atoms with E-state index in [9.17, 15) is 16.8 Å². The van der Waals surface area contributed by atoms with Crippen molar-refractivity contribution >= 4 is 25.9 Å². The molecule has 0 radical (unpaired) electrons. The van der Waals surface area contributed by atoms with Gasteiger partial charge in [0.15, 0.2) is 0 Å². The van der Waals surface area contributed by atoms with Crippen molar-refractivity contribution in [1.29, 1.82) is 0 Å². The molecular weight excluding hydrogens is 310 g/mol. The fraction of sp³-hybridized carbons (Fsp3) is 0.333. The lowest BCUT2D eigenvalue weighted by Gasteiger charge is -2.09. The van der Waals surface area contributed by atoms with Gasteiger partial charge >= 0.3 is 0 Å². The third kappa shape index (κ3) is 6.06. The van der Waals surface area contributed by atoms with Gasteiger partial charge in [0.05, 0.1) is 22.9 Å². The lowest BCUT2D eigenvalue weighted by Crippen LogP contribution is -2.20. The maximum absolute atomic E-state index is 10.8. The number of hydrogen-bond acceptors (Lipinski definition) is 6. The summed E-state index contributed by atoms with van der Waals surface area (Å²) in [5.74, 6) is -0.482. The summed E-state index contributed by atoms with van der Waals surface area (Å²) in [6, 6.07) is 4.95. The Labute approximate surface area is 116 Å². The van der Waals surface area contributed by atoms with Crippen molar-refractivity contribution in [2.24, 2.45) is 10.3 Å². The zero-order valence-corrected chi connectivity index (χ0v) is 12.0. The molecule has 0 fully saturated rings. The SMILES string of the molecule is CN(CCS(=O)(=O)O)/N=N/c1ccc(S(=O)(=O)O)cc1. The topological polar surface area (TPSA) is 137 Å². The fourth-order valence-corrected chi connectivity index (χ4v) is 2.08. The van der Waals surface area contributed by atoms with Crippen LogP contribution in [-0.2, 0) is 20.2 Å². The van der Waals surface area contributed by atoms with Gasteiger partial charge < -0.3 is 0 Å². The lowest BCUT2D eigenvalue weighted by atomic mass is 10.3. The molecule has 0 aliphatic heterocycles. The van der Waals surface area contributed by atoms with Crippen molar-refractivity contribution in [3.05, 3.63) is 24.3 Å². The van der Waals surface area contributed by atoms with Crippen molar-refractivity contribution in [2.45, 2.75) is 4.90 Å². The van der Waals surface area contributed by atoms with Crippen molar-refractivity contribution in [1.82, 2.24) is 5.01 Å². The van der Waals surface area contributed by atoms with Crippen LogP contribution in [0.25, 0.3) is 0 Å². The maximum Gasteiger partial charge on any atom is 0.294 e. The first-order chi connectivity index (χ1) is 9.08. The van der Waals surface area contributed by atoms with E-state index in [2.05, 4.69) is 10.3 Å². The van der Waals surface area contributed by atoms with Gasteiger partial charge in [-0.05, 0) is 24.3 Å². The average molecular weight is 323 g/mol. The Hall–Kier alpha value is -1.56. The zero-order valence-electron chi connectivity index (χ0n) is 10.4. The average Bonchev–Trinajstić information content (AvgIpc) is 2.32. The lowest BCUT2D eigenvalue weighted by molar-refractivity contribution is 0.347. The highest BCUT2D eigenvalue weighted by Gasteiger charge is 2.08. The van der Waals surface area contributed by atoms with E-state index in [0.717, 1.165) is 12.1 Å². The highest BCUT2D eigenvalue weighted by Crippen LogP contribution is 2.16. The maximum atomic E-state index is 10.8. The van der Waals surface area contributed by atoms with Crippen LogP contribution in [0.3, 0.4) is 0 Å². The van der Waals surface area contributed by atoms with Gasteiger partial charge in [-0.1, -0.05) is 5.22 Å². The van der Waals surface area contributed by atoms with Gasteiger partial charge in [0.2, 0.25) is 0 Å². The summed E-state index contributed by atoms with van der Waals surface area (Å²) in [6.07, 6.45) is 0. The first-order valence-electron chi connectivity index (χ1n) is 5.23. The fourth-order valence-electron chi connectivity index (χ4n) is 1.10. The predicted octanol–water partition coefficient (Wildman–Crippen LogP) is 0.752. The van der Waals surface area contributed by atoms with Gasteiger partial charge in [-0.3, -0.25) is 14.1 Å². The summed E-state index contributed by atoms with van der Waals surface area (Å²) in [5.41, 5.74) is 0.316. The number of rotatable bonds is 6. The Balaban J connectivity index is 2.67. The standard InChI is InChI=1S/C9H13N3O6S2/c1-12(6-7-19(13,14)15)11-10-8-2-4-9(5-3-8)20(16,17)18/h2-5H,6-7H2,1H3,(H,13,14,15)(H,16,17,18)/b11-10+. The zero-order chi connectivity index (χ0) is 15.4. The molecule has 0 saturated heterocycles. The molecule has 0 saturated carbocycles. The van der Waals surface area contributed by atoms with Crippen molar-refractivity contribution in [3.63, 3.8) is 0 Å². The summed E-state index contributed by atoms with van der Waals surface area (Å²) in [5, 5.41) is 8.59. The van der Waals surface area contributed by atoms with Gasteiger partial charge in [-0.15, -0.1) is 5.11 Å². The highest BCUT2D eigenvalue weighted by molar-refractivity contribution is 7.86. The quantitative estimate of drug-likeness (QED) is 0.447. The van der Waals surface area contributed by atoms with Crippen LogP contribution in [0.1, 0.15) is 0 Å². The molecule has 0 amide bonds. The summed E-state index contributed by atoms with van der Waals surface area (Å²) in [4.78, 5) is -0.267. The minimum Gasteiger partial charge on any atom is -0.285 e. The first kappa shape index (κ1) is 16.5. The molecule has 20 heavy (non-hydrogen) atoms. The molecule has 1 aromatic carbocycles. The van der Waals surface area contributed by atoms with Crippen LogP contribution in [0.15, 0.2) is 39.5 Å². The number of benzene rings is 1. The second-order valence-electron chi connectivity index (χ2n) is 3.83. The van der Waals surface area contributed by atoms with Crippen LogP contribution < -0.4 is 0 Å². The van der Waals surface area contributed by atoms with Crippen LogP contribution in [0.2, 0.25) is 0 Å². The van der Waals surface area contributed by atoms with Gasteiger partial charge in [0, 0.05) is 7.05 Å². The van der Waals surface area contributed by atoms with E-state index < -0.39 is 26.0 Å². The smallest absolute Gasteiger partial charge is 0.285 e. The first-order valence-corrected chi connectivity index (χ1v) is 8.28. The molecule has 1 rings (SSSR count). The Morgan fingerprint density at radius 2 is 1.65 bits per heavy atom. The molecule has 0 atom stereocenters. The Bertz CT molecular complexity index is 681. The Morgan fingerprint density at radius 3 is 2.10 bits per heavy atom. The van der Waals surface area contributed by atoms with E-state index in [0.29, 0.717) is 5.69 Å². The third-order valence-electron chi connectivity index (χ3n) is 2.12. The minimum absolute atomic E-state index is 0.0502. The van der Waals surface area contributed by atoms with Crippen LogP contribution >= 0.6 is 0 Å². The summed E-state index contributed by atoms with van der Waals surface area (Å²) in [7, 11) is -6.86. The molecule has 0 bridgehead atoms. The molecule has 0 aromatic heterocycles. The van der Waals surface area contributed by atoms with Crippen LogP contribution in [-0.4, -0.2) is 50.3 Å². The Morgan fingerprint density at radius 1 is 1.10 bits per heavy atom. The van der Waals surface area contributed by atoms with Crippen LogP contribution in [0, 0.1) is 0 Å². The van der Waals surface area contributed by atoms with E-state index in [-0.39, 0.29) is 11.4 Å². The van der Waals surface area contributed by atoms with E-state index in [1.54, 1.807) is 0 Å². The molecule has 0 heterocycles. The van der Waals surface area contributed by atoms with Crippen LogP contribution in [0.4, 0.5) is 5.69 Å². The molecule has 0 aliphatic carbocycles. The molecule has 112 valence electrons. The third-order valence-corrected chi connectivity index (χ3v) is 3.69. The van der Waals surface area contributed by atoms with Gasteiger partial charge in [-0.25, -0.2) is 0 Å². The van der Waals surface area contributed by atoms with Crippen molar-refractivity contribution in [2.75, 3.05) is 19.3 Å². The molecule has 0 unspecified atom stereocenters. The minimum atomic E-state index is -4.25. The van der Waals surface area contributed by atoms with Gasteiger partial charge in [-0.2, -0.15) is 16.8 Å². The van der Waals surface area contributed by atoms with E-state index in [4.69, 9.17) is 9.11 Å². The van der Waals surface area contributed by atoms with Crippen molar-refractivity contribution in [3.8, 4) is 0 Å². The molecular formula is C9H13N3O6S2. The molecule has 1 aromatic rings. The molecule has 11 heteroatoms. The molecule has 9 nitrogen and oxygen atoms in total. The van der Waals surface area contributed by atoms with Gasteiger partial charge in [0.25, 0.3) is 20.2 Å². The number of hydrogen-bond donors (Lipinski definition) is 2. The monoisotopic (exact) mass is 323 g/mol. The van der Waals surface area contributed by atoms with Crippen molar-refractivity contribution < 1.29 is 25.9 Å². The predicted molar refractivity (Wildman–Crippen MR) is 69.8 cm³/mol. The van der Waals surface area contributed by atoms with E-state index >= 15 is 0 Å². The highest BCUT2D eigenvalue weighted by atomic mass is 32.2. The molecule has 0 aliphatic rings. The van der Waals surface area contributed by atoms with E-state index in [1.165, 1.54) is 24.2 Å². The summed E-state index contributed by atoms with van der Waals surface area (Å²) in [6.45, 7) is -0.0502. The second-order valence-corrected chi connectivity index (χ2v) is 6.82. The van der Waals surface area contributed by atoms with E-state index in [1.807, 2.05) is 0 Å². The molecule has 2 N–H and O–H groups in total. The Kier molecular flexibility index (Phi) is 5.16. The van der Waals surface area contributed by atoms with Gasteiger partial charge in [0.1, 0.15) is 0 Å². The largest absolute Gasteiger partial charge is 0.294 e.